The van der Waals surface area contributed by atoms with Crippen molar-refractivity contribution < 1.29 is 61.7 Å². The lowest BCUT2D eigenvalue weighted by Crippen LogP contribution is -2.15. The molecule has 0 aliphatic heterocycles. The Morgan fingerprint density at radius 1 is 0.255 bits per heavy atom. The maximum Gasteiger partial charge on any atom is 0.305 e. The molecule has 0 aromatic heterocycles. The van der Waals surface area contributed by atoms with Crippen LogP contribution < -0.4 is 0 Å². The van der Waals surface area contributed by atoms with Crippen molar-refractivity contribution in [2.75, 3.05) is 132 Å². The summed E-state index contributed by atoms with van der Waals surface area (Å²) in [5.74, 6) is -0.281. The van der Waals surface area contributed by atoms with E-state index in [1.165, 1.54) is 77.0 Å². The van der Waals surface area contributed by atoms with Gasteiger partial charge in [0.1, 0.15) is 13.2 Å². The van der Waals surface area contributed by atoms with E-state index < -0.39 is 0 Å². The van der Waals surface area contributed by atoms with Crippen molar-refractivity contribution in [2.45, 2.75) is 129 Å². The minimum atomic E-state index is -0.142. The summed E-state index contributed by atoms with van der Waals surface area (Å²) in [6.45, 7) is 13.5. The second kappa shape index (κ2) is 48.7. The van der Waals surface area contributed by atoms with E-state index >= 15 is 0 Å². The van der Waals surface area contributed by atoms with E-state index in [1.807, 2.05) is 0 Å². The topological polar surface area (TPSA) is 136 Å². The molecule has 0 amide bonds. The first-order valence-corrected chi connectivity index (χ1v) is 21.7. The lowest BCUT2D eigenvalue weighted by atomic mass is 10.1. The number of carbonyl (C=O) groups is 2. The molecule has 0 fully saturated rings. The largest absolute Gasteiger partial charge is 0.463 e. The maximum absolute atomic E-state index is 11.8. The van der Waals surface area contributed by atoms with E-state index in [1.54, 1.807) is 0 Å². The van der Waals surface area contributed by atoms with E-state index in [9.17, 15) is 9.59 Å². The van der Waals surface area contributed by atoms with Gasteiger partial charge in [0.05, 0.1) is 119 Å². The Bertz CT molecular complexity index is 759. The van der Waals surface area contributed by atoms with E-state index in [4.69, 9.17) is 52.1 Å². The minimum absolute atomic E-state index is 0.138. The number of esters is 2. The van der Waals surface area contributed by atoms with Crippen molar-refractivity contribution in [1.29, 1.82) is 0 Å². The molecule has 0 aromatic carbocycles. The Kier molecular flexibility index (Phi) is 47.5. The maximum atomic E-state index is 11.8. The van der Waals surface area contributed by atoms with Crippen LogP contribution in [0.3, 0.4) is 0 Å². The van der Waals surface area contributed by atoms with Crippen molar-refractivity contribution in [3.8, 4) is 0 Å². The molecule has 0 saturated heterocycles. The average Bonchev–Trinajstić information content (AvgIpc) is 3.19. The summed E-state index contributed by atoms with van der Waals surface area (Å²) < 4.78 is 59.7. The van der Waals surface area contributed by atoms with E-state index in [0.29, 0.717) is 132 Å². The predicted octanol–water partition coefficient (Wildman–Crippen LogP) is 7.28. The normalized spacial score (nSPS) is 11.4. The molecule has 13 nitrogen and oxygen atoms in total. The highest BCUT2D eigenvalue weighted by Gasteiger charge is 2.04. The van der Waals surface area contributed by atoms with Gasteiger partial charge in [-0.05, 0) is 12.8 Å². The van der Waals surface area contributed by atoms with Crippen molar-refractivity contribution in [1.82, 2.24) is 0 Å². The third kappa shape index (κ3) is 48.7. The van der Waals surface area contributed by atoms with Crippen LogP contribution in [0.5, 0.6) is 0 Å². The molecule has 0 atom stereocenters. The van der Waals surface area contributed by atoms with Crippen LogP contribution in [0.25, 0.3) is 0 Å². The third-order valence-electron chi connectivity index (χ3n) is 8.43. The number of hydrogen-bond acceptors (Lipinski definition) is 13. The number of hydrogen-bond donors (Lipinski definition) is 0. The third-order valence-corrected chi connectivity index (χ3v) is 8.43. The zero-order chi connectivity index (χ0) is 39.8. The summed E-state index contributed by atoms with van der Waals surface area (Å²) in [7, 11) is 0. The molecule has 0 heterocycles. The molecule has 55 heavy (non-hydrogen) atoms. The van der Waals surface area contributed by atoms with Gasteiger partial charge >= 0.3 is 11.9 Å². The molecule has 0 aromatic rings. The highest BCUT2D eigenvalue weighted by Crippen LogP contribution is 2.11. The SMILES string of the molecule is CCCCCCCCCCCC(=O)OCCOCCOCCOCCOCCOCCOCCOCCOCCOCCOC(=O)CCCCCCCCC. The van der Waals surface area contributed by atoms with Crippen LogP contribution in [-0.4, -0.2) is 144 Å². The highest BCUT2D eigenvalue weighted by molar-refractivity contribution is 5.69. The summed E-state index contributed by atoms with van der Waals surface area (Å²) in [6.07, 6.45) is 20.4. The standard InChI is InChI=1S/C42H82O13/c1-3-5-7-9-11-12-14-16-18-20-42(44)55-40-38-53-36-34-51-32-30-49-28-26-47-24-22-45-21-23-46-25-27-48-29-31-50-33-35-52-37-39-54-41(43)19-17-15-13-10-8-6-4-2/h3-40H2,1-2H3. The van der Waals surface area contributed by atoms with Gasteiger partial charge in [-0.15, -0.1) is 0 Å². The molecule has 0 bridgehead atoms. The molecule has 0 N–H and O–H groups in total. The Morgan fingerprint density at radius 2 is 0.436 bits per heavy atom. The van der Waals surface area contributed by atoms with Crippen LogP contribution in [-0.2, 0) is 61.7 Å². The summed E-state index contributed by atoms with van der Waals surface area (Å²) >= 11 is 0. The first-order valence-electron chi connectivity index (χ1n) is 21.7. The molecule has 0 unspecified atom stereocenters. The fourth-order valence-corrected chi connectivity index (χ4v) is 5.24. The molecule has 0 saturated carbocycles. The molecule has 0 rings (SSSR count). The monoisotopic (exact) mass is 795 g/mol. The number of rotatable bonds is 48. The van der Waals surface area contributed by atoms with Gasteiger partial charge in [0.25, 0.3) is 0 Å². The fraction of sp³-hybridized carbons (Fsp3) is 0.952. The quantitative estimate of drug-likeness (QED) is 0.0451. The van der Waals surface area contributed by atoms with E-state index in [0.717, 1.165) is 25.7 Å². The molecule has 0 aliphatic rings. The van der Waals surface area contributed by atoms with Gasteiger partial charge in [0, 0.05) is 12.8 Å². The molecular weight excluding hydrogens is 712 g/mol. The Labute approximate surface area is 334 Å². The van der Waals surface area contributed by atoms with Crippen molar-refractivity contribution in [2.24, 2.45) is 0 Å². The molecule has 13 heteroatoms. The van der Waals surface area contributed by atoms with Crippen LogP contribution in [0.1, 0.15) is 129 Å². The molecule has 0 spiro atoms. The Morgan fingerprint density at radius 3 is 0.655 bits per heavy atom. The van der Waals surface area contributed by atoms with Crippen LogP contribution >= 0.6 is 0 Å². The second-order valence-electron chi connectivity index (χ2n) is 13.4. The summed E-state index contributed by atoms with van der Waals surface area (Å²) in [5.41, 5.74) is 0. The first-order chi connectivity index (χ1) is 27.2. The van der Waals surface area contributed by atoms with Gasteiger partial charge in [-0.2, -0.15) is 0 Å². The van der Waals surface area contributed by atoms with Gasteiger partial charge < -0.3 is 52.1 Å². The Hall–Kier alpha value is -1.42. The summed E-state index contributed by atoms with van der Waals surface area (Å²) in [6, 6.07) is 0. The van der Waals surface area contributed by atoms with Crippen molar-refractivity contribution in [3.05, 3.63) is 0 Å². The molecule has 0 radical (unpaired) electrons. The average molecular weight is 795 g/mol. The highest BCUT2D eigenvalue weighted by atomic mass is 16.6. The van der Waals surface area contributed by atoms with Gasteiger partial charge in [-0.25, -0.2) is 0 Å². The smallest absolute Gasteiger partial charge is 0.305 e. The van der Waals surface area contributed by atoms with Crippen molar-refractivity contribution >= 4 is 11.9 Å². The number of unbranched alkanes of at least 4 members (excludes halogenated alkanes) is 14. The Balaban J connectivity index is 3.15. The molecule has 328 valence electrons. The minimum Gasteiger partial charge on any atom is -0.463 e. The van der Waals surface area contributed by atoms with E-state index in [2.05, 4.69) is 13.8 Å². The van der Waals surface area contributed by atoms with Crippen LogP contribution in [0.15, 0.2) is 0 Å². The summed E-state index contributed by atoms with van der Waals surface area (Å²) in [4.78, 5) is 23.5. The predicted molar refractivity (Wildman–Crippen MR) is 214 cm³/mol. The lowest BCUT2D eigenvalue weighted by molar-refractivity contribution is -0.146. The number of carbonyl (C=O) groups excluding carboxylic acids is 2. The fourth-order valence-electron chi connectivity index (χ4n) is 5.24. The lowest BCUT2D eigenvalue weighted by Gasteiger charge is -2.09. The van der Waals surface area contributed by atoms with Gasteiger partial charge in [-0.3, -0.25) is 9.59 Å². The zero-order valence-electron chi connectivity index (χ0n) is 35.2. The van der Waals surface area contributed by atoms with Crippen molar-refractivity contribution in [3.63, 3.8) is 0 Å². The molecule has 0 aliphatic carbocycles. The molecular formula is C42H82O13. The van der Waals surface area contributed by atoms with Gasteiger partial charge in [0.15, 0.2) is 0 Å². The van der Waals surface area contributed by atoms with Gasteiger partial charge in [-0.1, -0.05) is 104 Å². The van der Waals surface area contributed by atoms with E-state index in [-0.39, 0.29) is 25.2 Å². The van der Waals surface area contributed by atoms with Crippen LogP contribution in [0, 0.1) is 0 Å². The van der Waals surface area contributed by atoms with Crippen LogP contribution in [0.2, 0.25) is 0 Å². The van der Waals surface area contributed by atoms with Gasteiger partial charge in [0.2, 0.25) is 0 Å². The summed E-state index contributed by atoms with van der Waals surface area (Å²) in [5, 5.41) is 0. The second-order valence-corrected chi connectivity index (χ2v) is 13.4. The number of ether oxygens (including phenoxy) is 11. The zero-order valence-corrected chi connectivity index (χ0v) is 35.2. The van der Waals surface area contributed by atoms with Crippen LogP contribution in [0.4, 0.5) is 0 Å². The first kappa shape index (κ1) is 53.6.